The lowest BCUT2D eigenvalue weighted by atomic mass is 10.0. The summed E-state index contributed by atoms with van der Waals surface area (Å²) in [6.45, 7) is 5.51. The van der Waals surface area contributed by atoms with Gasteiger partial charge in [-0.1, -0.05) is 18.6 Å². The summed E-state index contributed by atoms with van der Waals surface area (Å²) in [5.74, 6) is 0.0839. The van der Waals surface area contributed by atoms with Crippen LogP contribution in [0.2, 0.25) is 0 Å². The predicted octanol–water partition coefficient (Wildman–Crippen LogP) is 2.44. The maximum atomic E-state index is 12.2. The number of morpholine rings is 1. The number of rotatable bonds is 4. The van der Waals surface area contributed by atoms with Crippen molar-refractivity contribution in [3.8, 4) is 0 Å². The number of amides is 1. The van der Waals surface area contributed by atoms with Gasteiger partial charge in [0.1, 0.15) is 0 Å². The molecule has 2 heterocycles. The van der Waals surface area contributed by atoms with Crippen molar-refractivity contribution in [2.24, 2.45) is 0 Å². The molecule has 0 bridgehead atoms. The largest absolute Gasteiger partial charge is 0.379 e. The van der Waals surface area contributed by atoms with E-state index in [4.69, 9.17) is 4.74 Å². The summed E-state index contributed by atoms with van der Waals surface area (Å²) < 4.78 is 5.36. The smallest absolute Gasteiger partial charge is 0.241 e. The number of ether oxygens (including phenoxy) is 1. The Balaban J connectivity index is 0.00000144. The average Bonchev–Trinajstić information content (AvgIpc) is 2.58. The van der Waals surface area contributed by atoms with Crippen molar-refractivity contribution < 1.29 is 9.53 Å². The topological polar surface area (TPSA) is 53.6 Å². The summed E-state index contributed by atoms with van der Waals surface area (Å²) in [6, 6.07) is 8.15. The van der Waals surface area contributed by atoms with Crippen molar-refractivity contribution >= 4 is 36.4 Å². The number of halogens is 2. The third-order valence-corrected chi connectivity index (χ3v) is 4.36. The fourth-order valence-corrected chi connectivity index (χ4v) is 3.02. The van der Waals surface area contributed by atoms with Crippen LogP contribution in [0.25, 0.3) is 0 Å². The highest BCUT2D eigenvalue weighted by molar-refractivity contribution is 5.94. The second-order valence-electron chi connectivity index (χ2n) is 6.08. The molecule has 2 saturated heterocycles. The first-order chi connectivity index (χ1) is 10.8. The number of nitrogens with zero attached hydrogens (tertiary/aromatic N) is 1. The van der Waals surface area contributed by atoms with Crippen molar-refractivity contribution in [2.75, 3.05) is 38.2 Å². The summed E-state index contributed by atoms with van der Waals surface area (Å²) in [4.78, 5) is 14.6. The Kier molecular flexibility index (Phi) is 9.63. The predicted molar refractivity (Wildman–Crippen MR) is 101 cm³/mol. The fourth-order valence-electron chi connectivity index (χ4n) is 3.02. The van der Waals surface area contributed by atoms with Crippen molar-refractivity contribution in [2.45, 2.75) is 31.8 Å². The Morgan fingerprint density at radius 1 is 1.17 bits per heavy atom. The highest BCUT2D eigenvalue weighted by Gasteiger charge is 2.20. The van der Waals surface area contributed by atoms with Crippen LogP contribution in [0.5, 0.6) is 0 Å². The molecule has 1 amide bonds. The fraction of sp³-hybridized carbons (Fsp3) is 0.588. The van der Waals surface area contributed by atoms with Gasteiger partial charge in [0.25, 0.3) is 0 Å². The number of piperidine rings is 1. The highest BCUT2D eigenvalue weighted by Crippen LogP contribution is 2.14. The highest BCUT2D eigenvalue weighted by atomic mass is 35.5. The minimum absolute atomic E-state index is 0. The molecule has 0 aromatic heterocycles. The number of hydrogen-bond acceptors (Lipinski definition) is 4. The molecule has 1 aromatic carbocycles. The van der Waals surface area contributed by atoms with Crippen LogP contribution in [0.3, 0.4) is 0 Å². The second kappa shape index (κ2) is 10.9. The Labute approximate surface area is 156 Å². The van der Waals surface area contributed by atoms with Gasteiger partial charge in [-0.05, 0) is 37.1 Å². The quantitative estimate of drug-likeness (QED) is 0.848. The molecular weight excluding hydrogens is 349 g/mol. The molecule has 0 unspecified atom stereocenters. The van der Waals surface area contributed by atoms with E-state index in [0.717, 1.165) is 57.9 Å². The summed E-state index contributed by atoms with van der Waals surface area (Å²) in [5.41, 5.74) is 2.15. The van der Waals surface area contributed by atoms with Gasteiger partial charge in [0.05, 0.1) is 19.3 Å². The van der Waals surface area contributed by atoms with Crippen molar-refractivity contribution in [1.29, 1.82) is 0 Å². The minimum atomic E-state index is -0.0400. The molecule has 2 fully saturated rings. The molecule has 1 atom stereocenters. The van der Waals surface area contributed by atoms with Crippen molar-refractivity contribution in [1.82, 2.24) is 10.2 Å². The van der Waals surface area contributed by atoms with E-state index in [1.165, 1.54) is 12.0 Å². The van der Waals surface area contributed by atoms with Crippen molar-refractivity contribution in [3.05, 3.63) is 29.8 Å². The van der Waals surface area contributed by atoms with E-state index in [-0.39, 0.29) is 36.8 Å². The Morgan fingerprint density at radius 2 is 1.88 bits per heavy atom. The molecule has 136 valence electrons. The lowest BCUT2D eigenvalue weighted by molar-refractivity contribution is -0.118. The Hall–Kier alpha value is -0.850. The van der Waals surface area contributed by atoms with Crippen LogP contribution in [0.15, 0.2) is 24.3 Å². The van der Waals surface area contributed by atoms with Gasteiger partial charge in [-0.15, -0.1) is 24.8 Å². The molecule has 5 nitrogen and oxygen atoms in total. The standard InChI is InChI=1S/C17H25N3O2.2ClH/c21-17(16-3-1-2-8-18-16)19-15-6-4-14(5-7-15)13-20-9-11-22-12-10-20;;/h4-7,16,18H,1-3,8-13H2,(H,19,21);2*1H/t16-;;/m0../s1. The van der Waals surface area contributed by atoms with Gasteiger partial charge in [0.15, 0.2) is 0 Å². The molecule has 2 aliphatic rings. The lowest BCUT2D eigenvalue weighted by Crippen LogP contribution is -2.43. The van der Waals surface area contributed by atoms with Gasteiger partial charge >= 0.3 is 0 Å². The van der Waals surface area contributed by atoms with Crippen LogP contribution < -0.4 is 10.6 Å². The zero-order chi connectivity index (χ0) is 15.2. The summed E-state index contributed by atoms with van der Waals surface area (Å²) in [7, 11) is 0. The van der Waals surface area contributed by atoms with Gasteiger partial charge in [0.2, 0.25) is 5.91 Å². The summed E-state index contributed by atoms with van der Waals surface area (Å²) in [6.07, 6.45) is 3.23. The van der Waals surface area contributed by atoms with Crippen LogP contribution in [0.1, 0.15) is 24.8 Å². The molecule has 2 N–H and O–H groups in total. The number of hydrogen-bond donors (Lipinski definition) is 2. The minimum Gasteiger partial charge on any atom is -0.379 e. The van der Waals surface area contributed by atoms with E-state index in [1.54, 1.807) is 0 Å². The summed E-state index contributed by atoms with van der Waals surface area (Å²) in [5, 5.41) is 6.28. The van der Waals surface area contributed by atoms with Gasteiger partial charge in [-0.25, -0.2) is 0 Å². The zero-order valence-corrected chi connectivity index (χ0v) is 15.5. The maximum Gasteiger partial charge on any atom is 0.241 e. The molecule has 0 spiro atoms. The van der Waals surface area contributed by atoms with E-state index < -0.39 is 0 Å². The second-order valence-corrected chi connectivity index (χ2v) is 6.08. The molecule has 0 aliphatic carbocycles. The maximum absolute atomic E-state index is 12.2. The lowest BCUT2D eigenvalue weighted by Gasteiger charge is -2.26. The van der Waals surface area contributed by atoms with Crippen LogP contribution in [0.4, 0.5) is 5.69 Å². The molecule has 0 saturated carbocycles. The van der Waals surface area contributed by atoms with Gasteiger partial charge in [-0.3, -0.25) is 9.69 Å². The van der Waals surface area contributed by atoms with Gasteiger partial charge in [-0.2, -0.15) is 0 Å². The molecule has 24 heavy (non-hydrogen) atoms. The Morgan fingerprint density at radius 3 is 2.50 bits per heavy atom. The monoisotopic (exact) mass is 375 g/mol. The zero-order valence-electron chi connectivity index (χ0n) is 13.8. The third-order valence-electron chi connectivity index (χ3n) is 4.36. The van der Waals surface area contributed by atoms with Crippen LogP contribution in [-0.4, -0.2) is 49.7 Å². The van der Waals surface area contributed by atoms with E-state index >= 15 is 0 Å². The van der Waals surface area contributed by atoms with Crippen molar-refractivity contribution in [3.63, 3.8) is 0 Å². The van der Waals surface area contributed by atoms with Gasteiger partial charge < -0.3 is 15.4 Å². The third kappa shape index (κ3) is 6.22. The van der Waals surface area contributed by atoms with E-state index in [1.807, 2.05) is 12.1 Å². The first-order valence-corrected chi connectivity index (χ1v) is 8.24. The van der Waals surface area contributed by atoms with Gasteiger partial charge in [0, 0.05) is 25.3 Å². The summed E-state index contributed by atoms with van der Waals surface area (Å²) >= 11 is 0. The molecular formula is C17H27Cl2N3O2. The number of nitrogens with one attached hydrogen (secondary N) is 2. The molecule has 2 aliphatic heterocycles. The number of anilines is 1. The molecule has 3 rings (SSSR count). The SMILES string of the molecule is Cl.Cl.O=C(Nc1ccc(CN2CCOCC2)cc1)[C@@H]1CCCCN1. The van der Waals surface area contributed by atoms with E-state index in [2.05, 4.69) is 27.7 Å². The first-order valence-electron chi connectivity index (χ1n) is 8.24. The van der Waals surface area contributed by atoms with E-state index in [9.17, 15) is 4.79 Å². The number of benzene rings is 1. The average molecular weight is 376 g/mol. The van der Waals surface area contributed by atoms with Crippen LogP contribution in [-0.2, 0) is 16.1 Å². The molecule has 7 heteroatoms. The van der Waals surface area contributed by atoms with Crippen LogP contribution in [0, 0.1) is 0 Å². The van der Waals surface area contributed by atoms with E-state index in [0.29, 0.717) is 0 Å². The number of carbonyl (C=O) groups excluding carboxylic acids is 1. The molecule has 1 aromatic rings. The van der Waals surface area contributed by atoms with Crippen LogP contribution >= 0.6 is 24.8 Å². The molecule has 0 radical (unpaired) electrons. The Bertz CT molecular complexity index is 487. The normalized spacial score (nSPS) is 21.2. The first kappa shape index (κ1) is 21.2. The number of carbonyl (C=O) groups is 1.